The van der Waals surface area contributed by atoms with E-state index in [1.165, 1.54) is 11.0 Å². The van der Waals surface area contributed by atoms with E-state index in [1.54, 1.807) is 6.07 Å². The summed E-state index contributed by atoms with van der Waals surface area (Å²) >= 11 is 6.06. The van der Waals surface area contributed by atoms with Crippen LogP contribution in [0.25, 0.3) is 0 Å². The van der Waals surface area contributed by atoms with E-state index in [0.29, 0.717) is 0 Å². The number of hydrogen-bond donors (Lipinski definition) is 0. The van der Waals surface area contributed by atoms with Crippen molar-refractivity contribution in [2.75, 3.05) is 13.1 Å². The van der Waals surface area contributed by atoms with Gasteiger partial charge < -0.3 is 14.4 Å². The Morgan fingerprint density at radius 2 is 1.87 bits per heavy atom. The fourth-order valence-corrected chi connectivity index (χ4v) is 2.98. The molecular formula is C20H12ClF5N2O3. The smallest absolute Gasteiger partial charge is 0.448 e. The second-order valence-electron chi connectivity index (χ2n) is 6.46. The van der Waals surface area contributed by atoms with Crippen LogP contribution in [-0.4, -0.2) is 36.2 Å². The Bertz CT molecular complexity index is 1090. The summed E-state index contributed by atoms with van der Waals surface area (Å²) in [5, 5.41) is 8.74. The molecule has 0 aromatic heterocycles. The number of halogens is 6. The predicted molar refractivity (Wildman–Crippen MR) is 98.7 cm³/mol. The van der Waals surface area contributed by atoms with Gasteiger partial charge >= 0.3 is 6.18 Å². The van der Waals surface area contributed by atoms with Crippen LogP contribution < -0.4 is 9.47 Å². The van der Waals surface area contributed by atoms with Crippen molar-refractivity contribution >= 4 is 17.5 Å². The molecular weight excluding hydrogens is 447 g/mol. The van der Waals surface area contributed by atoms with E-state index in [9.17, 15) is 26.7 Å². The van der Waals surface area contributed by atoms with Crippen molar-refractivity contribution in [3.63, 3.8) is 0 Å². The Morgan fingerprint density at radius 3 is 2.45 bits per heavy atom. The van der Waals surface area contributed by atoms with E-state index < -0.39 is 46.9 Å². The van der Waals surface area contributed by atoms with Gasteiger partial charge in [-0.1, -0.05) is 18.2 Å². The number of nitriles is 1. The van der Waals surface area contributed by atoms with Crippen molar-refractivity contribution in [3.05, 3.63) is 70.5 Å². The van der Waals surface area contributed by atoms with Crippen molar-refractivity contribution in [1.82, 2.24) is 4.90 Å². The highest BCUT2D eigenvalue weighted by Crippen LogP contribution is 2.36. The van der Waals surface area contributed by atoms with Gasteiger partial charge in [0.15, 0.2) is 11.6 Å². The zero-order chi connectivity index (χ0) is 22.9. The number of amides is 1. The highest BCUT2D eigenvalue weighted by Gasteiger charge is 2.38. The molecule has 0 N–H and O–H groups in total. The molecule has 1 aliphatic heterocycles. The minimum absolute atomic E-state index is 0.00933. The number of alkyl halides is 3. The Hall–Kier alpha value is -3.32. The molecule has 1 fully saturated rings. The Labute approximate surface area is 177 Å². The third kappa shape index (κ3) is 4.72. The minimum atomic E-state index is -4.87. The highest BCUT2D eigenvalue weighted by molar-refractivity contribution is 6.35. The molecule has 3 rings (SSSR count). The molecule has 0 unspecified atom stereocenters. The first-order valence-electron chi connectivity index (χ1n) is 8.58. The number of hydrogen-bond acceptors (Lipinski definition) is 4. The van der Waals surface area contributed by atoms with Crippen LogP contribution in [0.15, 0.2) is 42.7 Å². The van der Waals surface area contributed by atoms with E-state index in [4.69, 9.17) is 26.3 Å². The third-order valence-electron chi connectivity index (χ3n) is 4.32. The summed E-state index contributed by atoms with van der Waals surface area (Å²) in [6.45, 7) is 2.77. The number of nitrogens with zero attached hydrogens (tertiary/aromatic N) is 2. The van der Waals surface area contributed by atoms with Gasteiger partial charge in [-0.05, 0) is 24.3 Å². The first kappa shape index (κ1) is 22.4. The topological polar surface area (TPSA) is 62.6 Å². The maximum Gasteiger partial charge on any atom is 0.448 e. The van der Waals surface area contributed by atoms with Gasteiger partial charge in [0.2, 0.25) is 5.76 Å². The molecule has 31 heavy (non-hydrogen) atoms. The van der Waals surface area contributed by atoms with E-state index >= 15 is 0 Å². The van der Waals surface area contributed by atoms with Gasteiger partial charge in [-0.25, -0.2) is 8.78 Å². The van der Waals surface area contributed by atoms with Crippen molar-refractivity contribution in [2.45, 2.75) is 12.3 Å². The molecule has 11 heteroatoms. The molecule has 5 nitrogen and oxygen atoms in total. The van der Waals surface area contributed by atoms with Gasteiger partial charge in [0.1, 0.15) is 29.2 Å². The standard InChI is InChI=1S/C20H12ClF5N2O3/c1-10(20(24,25)26)30-16-5-2-11(7-27)18(21)17(16)19(29)28-8-13(9-28)31-12-3-4-14(22)15(23)6-12/h2-6,13H,1,8-9H2. The molecule has 2 aromatic carbocycles. The van der Waals surface area contributed by atoms with Gasteiger partial charge in [0.25, 0.3) is 5.91 Å². The molecule has 0 atom stereocenters. The molecule has 1 aliphatic rings. The lowest BCUT2D eigenvalue weighted by molar-refractivity contribution is -0.115. The van der Waals surface area contributed by atoms with Crippen LogP contribution in [0.3, 0.4) is 0 Å². The molecule has 1 amide bonds. The maximum atomic E-state index is 13.3. The van der Waals surface area contributed by atoms with Crippen LogP contribution in [0.4, 0.5) is 22.0 Å². The van der Waals surface area contributed by atoms with Gasteiger partial charge in [-0.15, -0.1) is 0 Å². The molecule has 1 heterocycles. The van der Waals surface area contributed by atoms with Crippen molar-refractivity contribution in [1.29, 1.82) is 5.26 Å². The van der Waals surface area contributed by atoms with E-state index in [-0.39, 0.29) is 29.4 Å². The summed E-state index contributed by atoms with van der Waals surface area (Å²) < 4.78 is 74.8. The maximum absolute atomic E-state index is 13.3. The molecule has 0 bridgehead atoms. The number of carbonyl (C=O) groups excluding carboxylic acids is 1. The fraction of sp³-hybridized carbons (Fsp3) is 0.200. The monoisotopic (exact) mass is 458 g/mol. The number of carbonyl (C=O) groups is 1. The van der Waals surface area contributed by atoms with Crippen LogP contribution >= 0.6 is 11.6 Å². The van der Waals surface area contributed by atoms with Gasteiger partial charge in [-0.2, -0.15) is 18.4 Å². The normalized spacial score (nSPS) is 13.9. The lowest BCUT2D eigenvalue weighted by Crippen LogP contribution is -2.56. The summed E-state index contributed by atoms with van der Waals surface area (Å²) in [5.74, 6) is -4.97. The first-order chi connectivity index (χ1) is 14.5. The fourth-order valence-electron chi connectivity index (χ4n) is 2.70. The average Bonchev–Trinajstić information content (AvgIpc) is 2.66. The minimum Gasteiger partial charge on any atom is -0.487 e. The number of allylic oxidation sites excluding steroid dienone is 1. The Morgan fingerprint density at radius 1 is 1.19 bits per heavy atom. The summed E-state index contributed by atoms with van der Waals surface area (Å²) in [5.41, 5.74) is -0.567. The molecule has 0 radical (unpaired) electrons. The van der Waals surface area contributed by atoms with E-state index in [0.717, 1.165) is 24.3 Å². The largest absolute Gasteiger partial charge is 0.487 e. The predicted octanol–water partition coefficient (Wildman–Crippen LogP) is 4.85. The van der Waals surface area contributed by atoms with Crippen LogP contribution in [0.5, 0.6) is 11.5 Å². The SMILES string of the molecule is C=C(Oc1ccc(C#N)c(Cl)c1C(=O)N1CC(Oc2ccc(F)c(F)c2)C1)C(F)(F)F. The van der Waals surface area contributed by atoms with Gasteiger partial charge in [0, 0.05) is 6.07 Å². The quantitative estimate of drug-likeness (QED) is 0.475. The number of rotatable bonds is 5. The summed E-state index contributed by atoms with van der Waals surface area (Å²) in [6.07, 6.45) is -5.44. The second-order valence-corrected chi connectivity index (χ2v) is 6.84. The lowest BCUT2D eigenvalue weighted by atomic mass is 10.0. The van der Waals surface area contributed by atoms with Crippen molar-refractivity contribution in [2.24, 2.45) is 0 Å². The second kappa shape index (κ2) is 8.43. The number of benzene rings is 2. The zero-order valence-electron chi connectivity index (χ0n) is 15.5. The highest BCUT2D eigenvalue weighted by atomic mass is 35.5. The van der Waals surface area contributed by atoms with Crippen LogP contribution in [0.2, 0.25) is 5.02 Å². The Kier molecular flexibility index (Phi) is 6.08. The summed E-state index contributed by atoms with van der Waals surface area (Å²) in [7, 11) is 0. The molecule has 0 saturated carbocycles. The number of ether oxygens (including phenoxy) is 2. The molecule has 1 saturated heterocycles. The van der Waals surface area contributed by atoms with E-state index in [2.05, 4.69) is 6.58 Å². The lowest BCUT2D eigenvalue weighted by Gasteiger charge is -2.39. The first-order valence-corrected chi connectivity index (χ1v) is 8.96. The molecule has 162 valence electrons. The van der Waals surface area contributed by atoms with Crippen molar-refractivity contribution in [3.8, 4) is 17.6 Å². The van der Waals surface area contributed by atoms with Gasteiger partial charge in [0.05, 0.1) is 23.7 Å². The molecule has 2 aromatic rings. The van der Waals surface area contributed by atoms with Gasteiger partial charge in [-0.3, -0.25) is 4.79 Å². The van der Waals surface area contributed by atoms with Crippen molar-refractivity contribution < 1.29 is 36.2 Å². The third-order valence-corrected chi connectivity index (χ3v) is 4.71. The molecule has 0 spiro atoms. The van der Waals surface area contributed by atoms with Crippen LogP contribution in [-0.2, 0) is 0 Å². The molecule has 0 aliphatic carbocycles. The van der Waals surface area contributed by atoms with Crippen LogP contribution in [0.1, 0.15) is 15.9 Å². The zero-order valence-corrected chi connectivity index (χ0v) is 16.2. The van der Waals surface area contributed by atoms with Crippen LogP contribution in [0, 0.1) is 23.0 Å². The Balaban J connectivity index is 1.77. The van der Waals surface area contributed by atoms with E-state index in [1.807, 2.05) is 0 Å². The summed E-state index contributed by atoms with van der Waals surface area (Å²) in [4.78, 5) is 14.0. The average molecular weight is 459 g/mol. The number of likely N-dealkylation sites (tertiary alicyclic amines) is 1. The summed E-state index contributed by atoms with van der Waals surface area (Å²) in [6, 6.07) is 6.81.